The van der Waals surface area contributed by atoms with Crippen molar-refractivity contribution >= 4 is 22.6 Å². The maximum absolute atomic E-state index is 14.3. The number of carbonyl (C=O) groups is 1. The molecule has 2 amide bonds. The van der Waals surface area contributed by atoms with Gasteiger partial charge in [-0.3, -0.25) is 4.90 Å². The maximum atomic E-state index is 14.3. The van der Waals surface area contributed by atoms with Crippen molar-refractivity contribution in [2.75, 3.05) is 18.0 Å². The minimum Gasteiger partial charge on any atom is -0.317 e. The summed E-state index contributed by atoms with van der Waals surface area (Å²) in [5.41, 5.74) is 2.67. The van der Waals surface area contributed by atoms with E-state index in [1.807, 2.05) is 18.2 Å². The number of aromatic nitrogens is 4. The van der Waals surface area contributed by atoms with E-state index in [1.165, 1.54) is 12.4 Å². The molecule has 0 bridgehead atoms. The molecular formula is C21H17FN6O. The van der Waals surface area contributed by atoms with Crippen LogP contribution in [0.4, 0.5) is 14.9 Å². The van der Waals surface area contributed by atoms with E-state index in [2.05, 4.69) is 15.1 Å². The van der Waals surface area contributed by atoms with E-state index in [4.69, 9.17) is 0 Å². The van der Waals surface area contributed by atoms with Gasteiger partial charge in [0.05, 0.1) is 29.6 Å². The first kappa shape index (κ1) is 17.3. The second-order valence-electron chi connectivity index (χ2n) is 6.77. The lowest BCUT2D eigenvalue weighted by Crippen LogP contribution is -2.31. The van der Waals surface area contributed by atoms with E-state index in [0.717, 1.165) is 22.3 Å². The Kier molecular flexibility index (Phi) is 4.16. The number of halogens is 1. The zero-order valence-electron chi connectivity index (χ0n) is 15.4. The van der Waals surface area contributed by atoms with Gasteiger partial charge in [-0.25, -0.2) is 23.8 Å². The van der Waals surface area contributed by atoms with Crippen molar-refractivity contribution in [3.63, 3.8) is 0 Å². The van der Waals surface area contributed by atoms with E-state index in [1.54, 1.807) is 51.1 Å². The van der Waals surface area contributed by atoms with Crippen molar-refractivity contribution < 1.29 is 9.18 Å². The highest BCUT2D eigenvalue weighted by atomic mass is 19.1. The van der Waals surface area contributed by atoms with Crippen LogP contribution in [0.15, 0.2) is 67.3 Å². The molecule has 8 heteroatoms. The van der Waals surface area contributed by atoms with Crippen LogP contribution in [0.1, 0.15) is 5.69 Å². The number of rotatable bonds is 4. The zero-order chi connectivity index (χ0) is 19.8. The van der Waals surface area contributed by atoms with Gasteiger partial charge in [0.2, 0.25) is 0 Å². The number of amides is 2. The van der Waals surface area contributed by atoms with Crippen molar-refractivity contribution in [3.05, 3.63) is 78.8 Å². The summed E-state index contributed by atoms with van der Waals surface area (Å²) in [7, 11) is 0. The molecule has 0 N–H and O–H groups in total. The number of fused-ring (bicyclic) bond motifs is 1. The predicted molar refractivity (Wildman–Crippen MR) is 106 cm³/mol. The van der Waals surface area contributed by atoms with E-state index in [9.17, 15) is 9.18 Å². The molecule has 1 aliphatic heterocycles. The van der Waals surface area contributed by atoms with Crippen molar-refractivity contribution in [3.8, 4) is 5.69 Å². The fourth-order valence-electron chi connectivity index (χ4n) is 3.65. The summed E-state index contributed by atoms with van der Waals surface area (Å²) in [6, 6.07) is 13.8. The van der Waals surface area contributed by atoms with Crippen LogP contribution < -0.4 is 4.90 Å². The van der Waals surface area contributed by atoms with Crippen molar-refractivity contribution in [2.45, 2.75) is 6.54 Å². The Morgan fingerprint density at radius 2 is 1.86 bits per heavy atom. The summed E-state index contributed by atoms with van der Waals surface area (Å²) in [5.74, 6) is -0.351. The highest BCUT2D eigenvalue weighted by Gasteiger charge is 2.31. The Morgan fingerprint density at radius 3 is 2.69 bits per heavy atom. The molecule has 1 aliphatic rings. The minimum atomic E-state index is -0.351. The van der Waals surface area contributed by atoms with Gasteiger partial charge in [0, 0.05) is 24.7 Å². The number of carbonyl (C=O) groups excluding carboxylic acids is 1. The van der Waals surface area contributed by atoms with Gasteiger partial charge in [0.25, 0.3) is 0 Å². The molecule has 0 radical (unpaired) electrons. The van der Waals surface area contributed by atoms with Crippen LogP contribution in [0.5, 0.6) is 0 Å². The topological polar surface area (TPSA) is 67.2 Å². The number of hydrogen-bond acceptors (Lipinski definition) is 4. The molecule has 29 heavy (non-hydrogen) atoms. The fraction of sp³-hybridized carbons (Fsp3) is 0.143. The van der Waals surface area contributed by atoms with Crippen LogP contribution in [0.25, 0.3) is 16.6 Å². The van der Waals surface area contributed by atoms with E-state index in [-0.39, 0.29) is 11.8 Å². The van der Waals surface area contributed by atoms with Crippen LogP contribution in [0.3, 0.4) is 0 Å². The summed E-state index contributed by atoms with van der Waals surface area (Å²) < 4.78 is 15.8. The third kappa shape index (κ3) is 2.98. The maximum Gasteiger partial charge on any atom is 0.324 e. The van der Waals surface area contributed by atoms with E-state index in [0.29, 0.717) is 25.3 Å². The quantitative estimate of drug-likeness (QED) is 0.537. The van der Waals surface area contributed by atoms with Crippen LogP contribution in [-0.4, -0.2) is 43.8 Å². The van der Waals surface area contributed by atoms with Crippen LogP contribution in [0.2, 0.25) is 0 Å². The Hall–Kier alpha value is -3.81. The molecule has 5 rings (SSSR count). The molecule has 0 atom stereocenters. The molecule has 2 aromatic heterocycles. The second-order valence-corrected chi connectivity index (χ2v) is 6.77. The number of urea groups is 1. The zero-order valence-corrected chi connectivity index (χ0v) is 15.4. The largest absolute Gasteiger partial charge is 0.324 e. The van der Waals surface area contributed by atoms with Crippen molar-refractivity contribution in [2.24, 2.45) is 0 Å². The van der Waals surface area contributed by atoms with Gasteiger partial charge in [-0.1, -0.05) is 18.2 Å². The molecule has 0 saturated carbocycles. The highest BCUT2D eigenvalue weighted by Crippen LogP contribution is 2.31. The first-order valence-corrected chi connectivity index (χ1v) is 9.25. The molecule has 0 unspecified atom stereocenters. The van der Waals surface area contributed by atoms with Gasteiger partial charge >= 0.3 is 6.03 Å². The molecule has 2 aromatic carbocycles. The number of benzene rings is 2. The fourth-order valence-corrected chi connectivity index (χ4v) is 3.65. The molecule has 0 aliphatic carbocycles. The van der Waals surface area contributed by atoms with E-state index < -0.39 is 0 Å². The standard InChI is InChI=1S/C21H17FN6O/c22-17-4-1-2-5-20(17)28-19-7-3-6-18(16(19)12-25-28)27-11-10-26(21(27)29)13-15-8-9-23-14-24-15/h1-9,12,14H,10-11,13H2. The average molecular weight is 388 g/mol. The Labute approximate surface area is 166 Å². The molecule has 4 aromatic rings. The summed E-state index contributed by atoms with van der Waals surface area (Å²) in [6.07, 6.45) is 4.82. The highest BCUT2D eigenvalue weighted by molar-refractivity contribution is 6.03. The number of hydrogen-bond donors (Lipinski definition) is 0. The van der Waals surface area contributed by atoms with Gasteiger partial charge in [-0.15, -0.1) is 0 Å². The van der Waals surface area contributed by atoms with Crippen LogP contribution >= 0.6 is 0 Å². The van der Waals surface area contributed by atoms with E-state index >= 15 is 0 Å². The summed E-state index contributed by atoms with van der Waals surface area (Å²) in [6.45, 7) is 1.59. The number of para-hydroxylation sites is 1. The first-order chi connectivity index (χ1) is 14.2. The summed E-state index contributed by atoms with van der Waals surface area (Å²) >= 11 is 0. The van der Waals surface area contributed by atoms with Gasteiger partial charge in [0.1, 0.15) is 17.8 Å². The van der Waals surface area contributed by atoms with Crippen molar-refractivity contribution in [1.29, 1.82) is 0 Å². The minimum absolute atomic E-state index is 0.0882. The second kappa shape index (κ2) is 6.97. The summed E-state index contributed by atoms with van der Waals surface area (Å²) in [5, 5.41) is 5.18. The first-order valence-electron chi connectivity index (χ1n) is 9.25. The van der Waals surface area contributed by atoms with Gasteiger partial charge < -0.3 is 4.90 Å². The van der Waals surface area contributed by atoms with Gasteiger partial charge in [-0.05, 0) is 30.3 Å². The predicted octanol–water partition coefficient (Wildman–Crippen LogP) is 3.40. The van der Waals surface area contributed by atoms with Gasteiger partial charge in [0.15, 0.2) is 0 Å². The molecule has 3 heterocycles. The smallest absolute Gasteiger partial charge is 0.317 e. The monoisotopic (exact) mass is 388 g/mol. The molecule has 1 fully saturated rings. The Bertz CT molecular complexity index is 1190. The SMILES string of the molecule is O=C1N(Cc2ccncn2)CCN1c1cccc2c1cnn2-c1ccccc1F. The Balaban J connectivity index is 1.48. The van der Waals surface area contributed by atoms with Crippen LogP contribution in [-0.2, 0) is 6.54 Å². The third-order valence-electron chi connectivity index (χ3n) is 5.05. The molecule has 7 nitrogen and oxygen atoms in total. The third-order valence-corrected chi connectivity index (χ3v) is 5.05. The van der Waals surface area contributed by atoms with Crippen molar-refractivity contribution in [1.82, 2.24) is 24.6 Å². The van der Waals surface area contributed by atoms with Gasteiger partial charge in [-0.2, -0.15) is 5.10 Å². The summed E-state index contributed by atoms with van der Waals surface area (Å²) in [4.78, 5) is 24.6. The molecule has 1 saturated heterocycles. The average Bonchev–Trinajstić information content (AvgIpc) is 3.33. The van der Waals surface area contributed by atoms with Crippen LogP contribution in [0, 0.1) is 5.82 Å². The lowest BCUT2D eigenvalue weighted by molar-refractivity contribution is 0.218. The normalized spacial score (nSPS) is 14.2. The number of anilines is 1. The lowest BCUT2D eigenvalue weighted by Gasteiger charge is -2.19. The Morgan fingerprint density at radius 1 is 1.00 bits per heavy atom. The molecule has 0 spiro atoms. The number of nitrogens with zero attached hydrogens (tertiary/aromatic N) is 6. The lowest BCUT2D eigenvalue weighted by atomic mass is 10.2. The molecule has 144 valence electrons. The molecular weight excluding hydrogens is 371 g/mol.